The number of amides is 1. The summed E-state index contributed by atoms with van der Waals surface area (Å²) in [6.45, 7) is 3.39. The van der Waals surface area contributed by atoms with Gasteiger partial charge in [-0.3, -0.25) is 4.79 Å². The van der Waals surface area contributed by atoms with Crippen LogP contribution in [0.1, 0.15) is 13.8 Å². The van der Waals surface area contributed by atoms with Gasteiger partial charge in [0.25, 0.3) is 5.91 Å². The first-order valence-electron chi connectivity index (χ1n) is 9.23. The Kier molecular flexibility index (Phi) is 5.54. The van der Waals surface area contributed by atoms with Crippen molar-refractivity contribution in [2.24, 2.45) is 0 Å². The minimum absolute atomic E-state index is 0.331. The first-order valence-corrected chi connectivity index (χ1v) is 10.4. The first-order chi connectivity index (χ1) is 14.3. The van der Waals surface area contributed by atoms with Crippen molar-refractivity contribution in [2.75, 3.05) is 5.32 Å². The largest absolute Gasteiger partial charge is 0.478 e. The van der Waals surface area contributed by atoms with Crippen LogP contribution < -0.4 is 10.1 Å². The molecule has 3 aromatic carbocycles. The Bertz CT molecular complexity index is 1190. The zero-order chi connectivity index (χ0) is 21.3. The molecule has 1 amide bonds. The number of para-hydroxylation sites is 2. The van der Waals surface area contributed by atoms with Crippen molar-refractivity contribution in [1.82, 2.24) is 4.98 Å². The zero-order valence-corrected chi connectivity index (χ0v) is 18.6. The summed E-state index contributed by atoms with van der Waals surface area (Å²) in [5.41, 5.74) is 1.49. The fourth-order valence-corrected chi connectivity index (χ4v) is 3.30. The Morgan fingerprint density at radius 1 is 1.10 bits per heavy atom. The molecule has 0 aliphatic carbocycles. The van der Waals surface area contributed by atoms with Crippen LogP contribution in [0.25, 0.3) is 22.6 Å². The summed E-state index contributed by atoms with van der Waals surface area (Å²) in [6.07, 6.45) is 0. The second-order valence-corrected chi connectivity index (χ2v) is 8.52. The predicted octanol–water partition coefficient (Wildman–Crippen LogP) is 6.71. The summed E-state index contributed by atoms with van der Waals surface area (Å²) in [5.74, 6) is 0.709. The molecular weight excluding hydrogens is 468 g/mol. The van der Waals surface area contributed by atoms with Gasteiger partial charge in [0.2, 0.25) is 5.89 Å². The minimum atomic E-state index is -1.12. The number of nitrogens with one attached hydrogen (secondary N) is 1. The van der Waals surface area contributed by atoms with Crippen LogP contribution in [0, 0.1) is 0 Å². The predicted molar refractivity (Wildman–Crippen MR) is 122 cm³/mol. The number of halogens is 2. The quantitative estimate of drug-likeness (QED) is 0.341. The van der Waals surface area contributed by atoms with Gasteiger partial charge in [-0.2, -0.15) is 0 Å². The molecule has 5 nitrogen and oxygen atoms in total. The molecule has 0 saturated carbocycles. The molecule has 0 fully saturated rings. The maximum Gasteiger partial charge on any atom is 0.268 e. The normalized spacial score (nSPS) is 11.5. The highest BCUT2D eigenvalue weighted by atomic mass is 79.9. The van der Waals surface area contributed by atoms with Crippen molar-refractivity contribution in [2.45, 2.75) is 19.4 Å². The number of fused-ring (bicyclic) bond motifs is 1. The number of nitrogens with zero attached hydrogens (tertiary/aromatic N) is 1. The van der Waals surface area contributed by atoms with Gasteiger partial charge in [-0.15, -0.1) is 0 Å². The van der Waals surface area contributed by atoms with E-state index < -0.39 is 5.60 Å². The summed E-state index contributed by atoms with van der Waals surface area (Å²) < 4.78 is 12.6. The average molecular weight is 486 g/mol. The van der Waals surface area contributed by atoms with Crippen LogP contribution in [-0.4, -0.2) is 16.5 Å². The average Bonchev–Trinajstić information content (AvgIpc) is 3.15. The molecule has 0 aliphatic rings. The Labute approximate surface area is 187 Å². The molecule has 1 heterocycles. The molecule has 152 valence electrons. The van der Waals surface area contributed by atoms with E-state index in [1.807, 2.05) is 36.4 Å². The van der Waals surface area contributed by atoms with Crippen LogP contribution in [0.2, 0.25) is 5.02 Å². The maximum absolute atomic E-state index is 12.9. The van der Waals surface area contributed by atoms with Crippen LogP contribution in [0.15, 0.2) is 75.6 Å². The lowest BCUT2D eigenvalue weighted by Gasteiger charge is -2.25. The highest BCUT2D eigenvalue weighted by molar-refractivity contribution is 9.10. The topological polar surface area (TPSA) is 64.4 Å². The monoisotopic (exact) mass is 484 g/mol. The van der Waals surface area contributed by atoms with E-state index in [4.69, 9.17) is 20.8 Å². The summed E-state index contributed by atoms with van der Waals surface area (Å²) in [7, 11) is 0. The SMILES string of the molecule is CC(C)(Oc1ccc(Br)cc1)C(=O)Nc1cc(-c2nc3ccccc3o2)ccc1Cl. The number of benzene rings is 3. The van der Waals surface area contributed by atoms with Gasteiger partial charge in [0.1, 0.15) is 11.3 Å². The molecule has 4 rings (SSSR count). The van der Waals surface area contributed by atoms with E-state index in [-0.39, 0.29) is 5.91 Å². The molecule has 0 aliphatic heterocycles. The van der Waals surface area contributed by atoms with E-state index >= 15 is 0 Å². The number of carbonyl (C=O) groups is 1. The zero-order valence-electron chi connectivity index (χ0n) is 16.3. The van der Waals surface area contributed by atoms with Crippen LogP contribution in [-0.2, 0) is 4.79 Å². The maximum atomic E-state index is 12.9. The second kappa shape index (κ2) is 8.13. The lowest BCUT2D eigenvalue weighted by atomic mass is 10.1. The van der Waals surface area contributed by atoms with Crippen LogP contribution in [0.3, 0.4) is 0 Å². The number of hydrogen-bond acceptors (Lipinski definition) is 4. The third-order valence-electron chi connectivity index (χ3n) is 4.49. The highest BCUT2D eigenvalue weighted by Gasteiger charge is 2.30. The number of oxazole rings is 1. The van der Waals surface area contributed by atoms with Crippen LogP contribution >= 0.6 is 27.5 Å². The molecule has 0 unspecified atom stereocenters. The fraction of sp³-hybridized carbons (Fsp3) is 0.130. The molecule has 0 radical (unpaired) electrons. The molecule has 0 spiro atoms. The Balaban J connectivity index is 1.56. The van der Waals surface area contributed by atoms with E-state index in [1.165, 1.54) is 0 Å². The van der Waals surface area contributed by atoms with E-state index in [1.54, 1.807) is 44.2 Å². The van der Waals surface area contributed by atoms with Crippen molar-refractivity contribution >= 4 is 50.2 Å². The van der Waals surface area contributed by atoms with Gasteiger partial charge in [0.15, 0.2) is 11.2 Å². The van der Waals surface area contributed by atoms with Crippen LogP contribution in [0.5, 0.6) is 5.75 Å². The molecule has 0 atom stereocenters. The molecule has 1 N–H and O–H groups in total. The van der Waals surface area contributed by atoms with Crippen LogP contribution in [0.4, 0.5) is 5.69 Å². The van der Waals surface area contributed by atoms with E-state index in [0.717, 1.165) is 9.99 Å². The Morgan fingerprint density at radius 3 is 2.57 bits per heavy atom. The van der Waals surface area contributed by atoms with Crippen molar-refractivity contribution in [3.63, 3.8) is 0 Å². The standard InChI is InChI=1S/C23H18BrClN2O3/c1-23(2,30-16-10-8-15(24)9-11-16)22(28)27-19-13-14(7-12-17(19)25)21-26-18-5-3-4-6-20(18)29-21/h3-13H,1-2H3,(H,27,28). The van der Waals surface area contributed by atoms with Gasteiger partial charge in [-0.1, -0.05) is 39.7 Å². The van der Waals surface area contributed by atoms with Crippen molar-refractivity contribution in [3.05, 3.63) is 76.2 Å². The Hall–Kier alpha value is -2.83. The third kappa shape index (κ3) is 4.35. The van der Waals surface area contributed by atoms with Crippen molar-refractivity contribution in [3.8, 4) is 17.2 Å². The number of ether oxygens (including phenoxy) is 1. The van der Waals surface area contributed by atoms with Gasteiger partial charge in [0, 0.05) is 10.0 Å². The Morgan fingerprint density at radius 2 is 1.83 bits per heavy atom. The molecule has 1 aromatic heterocycles. The summed E-state index contributed by atoms with van der Waals surface area (Å²) in [6, 6.07) is 20.0. The molecular formula is C23H18BrClN2O3. The number of rotatable bonds is 5. The lowest BCUT2D eigenvalue weighted by Crippen LogP contribution is -2.42. The van der Waals surface area contributed by atoms with Crippen molar-refractivity contribution < 1.29 is 13.9 Å². The van der Waals surface area contributed by atoms with E-state index in [9.17, 15) is 4.79 Å². The first kappa shape index (κ1) is 20.4. The van der Waals surface area contributed by atoms with Gasteiger partial charge in [0.05, 0.1) is 10.7 Å². The fourth-order valence-electron chi connectivity index (χ4n) is 2.87. The summed E-state index contributed by atoms with van der Waals surface area (Å²) in [4.78, 5) is 17.4. The number of carbonyl (C=O) groups excluding carboxylic acids is 1. The number of aromatic nitrogens is 1. The molecule has 7 heteroatoms. The number of hydrogen-bond donors (Lipinski definition) is 1. The molecule has 0 saturated heterocycles. The van der Waals surface area contributed by atoms with Gasteiger partial charge < -0.3 is 14.5 Å². The minimum Gasteiger partial charge on any atom is -0.478 e. The van der Waals surface area contributed by atoms with Gasteiger partial charge in [-0.05, 0) is 68.4 Å². The third-order valence-corrected chi connectivity index (χ3v) is 5.35. The van der Waals surface area contributed by atoms with Crippen molar-refractivity contribution in [1.29, 1.82) is 0 Å². The highest BCUT2D eigenvalue weighted by Crippen LogP contribution is 2.31. The van der Waals surface area contributed by atoms with Gasteiger partial charge >= 0.3 is 0 Å². The smallest absolute Gasteiger partial charge is 0.268 e. The van der Waals surface area contributed by atoms with Gasteiger partial charge in [-0.25, -0.2) is 4.98 Å². The summed E-state index contributed by atoms with van der Waals surface area (Å²) in [5, 5.41) is 3.26. The summed E-state index contributed by atoms with van der Waals surface area (Å²) >= 11 is 9.70. The lowest BCUT2D eigenvalue weighted by molar-refractivity contribution is -0.128. The van der Waals surface area contributed by atoms with E-state index in [0.29, 0.717) is 33.5 Å². The molecule has 30 heavy (non-hydrogen) atoms. The second-order valence-electron chi connectivity index (χ2n) is 7.20. The molecule has 4 aromatic rings. The number of anilines is 1. The van der Waals surface area contributed by atoms with E-state index in [2.05, 4.69) is 26.2 Å². The molecule has 0 bridgehead atoms.